The lowest BCUT2D eigenvalue weighted by Crippen LogP contribution is -2.26. The van der Waals surface area contributed by atoms with E-state index in [4.69, 9.17) is 16.6 Å². The van der Waals surface area contributed by atoms with Crippen molar-refractivity contribution in [3.63, 3.8) is 0 Å². The number of halogens is 1. The summed E-state index contributed by atoms with van der Waals surface area (Å²) in [5.41, 5.74) is 7.63. The average molecular weight is 488 g/mol. The molecule has 0 bridgehead atoms. The van der Waals surface area contributed by atoms with E-state index >= 15 is 0 Å². The summed E-state index contributed by atoms with van der Waals surface area (Å²) in [5.74, 6) is 0.824. The molecular formula is C28H30ClN5O. The van der Waals surface area contributed by atoms with Crippen molar-refractivity contribution in [1.82, 2.24) is 15.3 Å². The number of allylic oxidation sites excluding steroid dienone is 2. The molecule has 4 rings (SSSR count). The van der Waals surface area contributed by atoms with E-state index in [1.54, 1.807) is 18.3 Å². The van der Waals surface area contributed by atoms with Crippen LogP contribution in [0.25, 0.3) is 10.9 Å². The minimum atomic E-state index is -0.155. The molecule has 2 aromatic heterocycles. The van der Waals surface area contributed by atoms with Gasteiger partial charge in [0.25, 0.3) is 5.91 Å². The number of fused-ring (bicyclic) bond motifs is 2. The normalized spacial score (nSPS) is 13.8. The number of anilines is 1. The van der Waals surface area contributed by atoms with Crippen LogP contribution in [0.3, 0.4) is 0 Å². The van der Waals surface area contributed by atoms with Crippen LogP contribution in [-0.2, 0) is 24.2 Å². The maximum Gasteiger partial charge on any atom is 0.251 e. The van der Waals surface area contributed by atoms with Crippen LogP contribution in [0, 0.1) is 13.8 Å². The highest BCUT2D eigenvalue weighted by atomic mass is 35.5. The molecule has 0 unspecified atom stereocenters. The summed E-state index contributed by atoms with van der Waals surface area (Å²) < 4.78 is 0. The molecule has 35 heavy (non-hydrogen) atoms. The first-order chi connectivity index (χ1) is 16.9. The molecular weight excluding hydrogens is 458 g/mol. The molecule has 0 radical (unpaired) electrons. The lowest BCUT2D eigenvalue weighted by atomic mass is 9.96. The molecule has 0 spiro atoms. The lowest BCUT2D eigenvalue weighted by Gasteiger charge is -2.22. The largest absolute Gasteiger partial charge is 0.370 e. The van der Waals surface area contributed by atoms with Gasteiger partial charge in [-0.3, -0.25) is 14.8 Å². The Hall–Kier alpha value is -3.51. The highest BCUT2D eigenvalue weighted by Gasteiger charge is 2.18. The van der Waals surface area contributed by atoms with Gasteiger partial charge in [-0.1, -0.05) is 23.7 Å². The fraction of sp³-hybridized carbons (Fsp3) is 0.286. The molecule has 3 heterocycles. The fourth-order valence-electron chi connectivity index (χ4n) is 4.47. The van der Waals surface area contributed by atoms with Gasteiger partial charge in [0.05, 0.1) is 10.5 Å². The van der Waals surface area contributed by atoms with Gasteiger partial charge in [-0.25, -0.2) is 4.98 Å². The number of aliphatic imine (C=N–C) groups is 1. The average Bonchev–Trinajstić information content (AvgIpc) is 2.85. The molecule has 1 aromatic carbocycles. The van der Waals surface area contributed by atoms with E-state index in [-0.39, 0.29) is 5.91 Å². The smallest absolute Gasteiger partial charge is 0.251 e. The first kappa shape index (κ1) is 24.6. The number of pyridine rings is 2. The number of carbonyl (C=O) groups is 1. The molecule has 2 N–H and O–H groups in total. The minimum absolute atomic E-state index is 0.155. The summed E-state index contributed by atoms with van der Waals surface area (Å²) in [4.78, 5) is 26.3. The van der Waals surface area contributed by atoms with Crippen molar-refractivity contribution in [3.05, 3.63) is 86.9 Å². The summed E-state index contributed by atoms with van der Waals surface area (Å²) in [6, 6.07) is 7.88. The Kier molecular flexibility index (Phi) is 7.61. The van der Waals surface area contributed by atoms with Crippen LogP contribution in [0.4, 0.5) is 5.82 Å². The Labute approximate surface area is 211 Å². The maximum atomic E-state index is 13.0. The first-order valence-electron chi connectivity index (χ1n) is 11.8. The number of nitrogens with one attached hydrogen (secondary N) is 2. The van der Waals surface area contributed by atoms with E-state index in [2.05, 4.69) is 34.3 Å². The Morgan fingerprint density at radius 2 is 2.14 bits per heavy atom. The second-order valence-electron chi connectivity index (χ2n) is 8.74. The highest BCUT2D eigenvalue weighted by molar-refractivity contribution is 6.31. The van der Waals surface area contributed by atoms with E-state index in [9.17, 15) is 4.79 Å². The number of aromatic nitrogens is 2. The Morgan fingerprint density at radius 3 is 2.91 bits per heavy atom. The topological polar surface area (TPSA) is 79.3 Å². The van der Waals surface area contributed by atoms with Crippen molar-refractivity contribution in [1.29, 1.82) is 0 Å². The predicted molar refractivity (Wildman–Crippen MR) is 144 cm³/mol. The van der Waals surface area contributed by atoms with Gasteiger partial charge in [0.2, 0.25) is 0 Å². The minimum Gasteiger partial charge on any atom is -0.370 e. The van der Waals surface area contributed by atoms with Crippen LogP contribution in [0.2, 0.25) is 5.02 Å². The number of hydrogen-bond donors (Lipinski definition) is 2. The van der Waals surface area contributed by atoms with Gasteiger partial charge in [-0.2, -0.15) is 0 Å². The molecule has 1 aliphatic rings. The summed E-state index contributed by atoms with van der Waals surface area (Å²) >= 11 is 6.09. The summed E-state index contributed by atoms with van der Waals surface area (Å²) in [5, 5.41) is 8.00. The molecule has 0 aliphatic carbocycles. The van der Waals surface area contributed by atoms with Gasteiger partial charge in [-0.15, -0.1) is 0 Å². The van der Waals surface area contributed by atoms with Crippen LogP contribution in [0.15, 0.2) is 58.9 Å². The Bertz CT molecular complexity index is 1360. The molecule has 180 valence electrons. The number of nitrogens with zero attached hydrogens (tertiary/aromatic N) is 3. The lowest BCUT2D eigenvalue weighted by molar-refractivity contribution is -0.117. The Balaban J connectivity index is 1.48. The second-order valence-corrected chi connectivity index (χ2v) is 9.17. The molecule has 0 atom stereocenters. The van der Waals surface area contributed by atoms with E-state index < -0.39 is 0 Å². The molecule has 1 aliphatic heterocycles. The molecule has 1 amide bonds. The number of rotatable bonds is 7. The van der Waals surface area contributed by atoms with E-state index in [1.807, 2.05) is 38.1 Å². The standard InChI is InChI=1S/C28H30ClN5O/c1-5-20(14-23(30-4)12-19-8-9-26-21(11-19)13-22(29)15-32-26)28(35)33-16-25-17(2)24-7-6-10-31-27(24)34-18(25)3/h5,8-9,11,13-15H,4,6-7,10,12,16H2,1-3H3,(H,31,34)(H,33,35)/b20-5+,23-14-. The van der Waals surface area contributed by atoms with Crippen molar-refractivity contribution in [2.45, 2.75) is 46.6 Å². The van der Waals surface area contributed by atoms with Crippen molar-refractivity contribution in [3.8, 4) is 0 Å². The van der Waals surface area contributed by atoms with Crippen molar-refractivity contribution >= 4 is 40.9 Å². The van der Waals surface area contributed by atoms with Gasteiger partial charge in [0, 0.05) is 48.1 Å². The number of benzene rings is 1. The number of hydrogen-bond acceptors (Lipinski definition) is 5. The van der Waals surface area contributed by atoms with Gasteiger partial charge < -0.3 is 10.6 Å². The van der Waals surface area contributed by atoms with Gasteiger partial charge >= 0.3 is 0 Å². The highest BCUT2D eigenvalue weighted by Crippen LogP contribution is 2.27. The van der Waals surface area contributed by atoms with Crippen LogP contribution < -0.4 is 10.6 Å². The summed E-state index contributed by atoms with van der Waals surface area (Å²) in [7, 11) is 0. The SMILES string of the molecule is C=N/C(=C\C(=C/C)C(=O)NCc1c(C)nc2c(c1C)CCCN2)Cc1ccc2ncc(Cl)cc2c1. The fourth-order valence-corrected chi connectivity index (χ4v) is 4.64. The summed E-state index contributed by atoms with van der Waals surface area (Å²) in [6.45, 7) is 11.0. The van der Waals surface area contributed by atoms with Crippen LogP contribution >= 0.6 is 11.6 Å². The van der Waals surface area contributed by atoms with E-state index in [1.165, 1.54) is 11.1 Å². The van der Waals surface area contributed by atoms with Gasteiger partial charge in [-0.05, 0) is 86.9 Å². The number of aryl methyl sites for hydroxylation is 1. The zero-order valence-corrected chi connectivity index (χ0v) is 21.2. The van der Waals surface area contributed by atoms with Gasteiger partial charge in [0.15, 0.2) is 0 Å². The molecule has 6 nitrogen and oxygen atoms in total. The van der Waals surface area contributed by atoms with Gasteiger partial charge in [0.1, 0.15) is 5.82 Å². The first-order valence-corrected chi connectivity index (χ1v) is 12.2. The van der Waals surface area contributed by atoms with Crippen molar-refractivity contribution in [2.75, 3.05) is 11.9 Å². The van der Waals surface area contributed by atoms with Crippen LogP contribution in [-0.4, -0.2) is 29.1 Å². The molecule has 0 saturated carbocycles. The zero-order chi connectivity index (χ0) is 24.9. The zero-order valence-electron chi connectivity index (χ0n) is 20.4. The monoisotopic (exact) mass is 487 g/mol. The van der Waals surface area contributed by atoms with Crippen molar-refractivity contribution < 1.29 is 4.79 Å². The number of amides is 1. The quantitative estimate of drug-likeness (QED) is 0.256. The molecule has 7 heteroatoms. The second kappa shape index (κ2) is 10.8. The third-order valence-corrected chi connectivity index (χ3v) is 6.63. The third kappa shape index (κ3) is 5.60. The molecule has 3 aromatic rings. The predicted octanol–water partition coefficient (Wildman–Crippen LogP) is 5.65. The van der Waals surface area contributed by atoms with Crippen LogP contribution in [0.1, 0.15) is 41.3 Å². The van der Waals surface area contributed by atoms with E-state index in [0.29, 0.717) is 29.3 Å². The summed E-state index contributed by atoms with van der Waals surface area (Å²) in [6.07, 6.45) is 7.86. The number of carbonyl (C=O) groups excluding carboxylic acids is 1. The molecule has 0 fully saturated rings. The van der Waals surface area contributed by atoms with Crippen LogP contribution in [0.5, 0.6) is 0 Å². The third-order valence-electron chi connectivity index (χ3n) is 6.43. The van der Waals surface area contributed by atoms with Crippen molar-refractivity contribution in [2.24, 2.45) is 4.99 Å². The van der Waals surface area contributed by atoms with E-state index in [0.717, 1.165) is 52.9 Å². The Morgan fingerprint density at radius 1 is 1.31 bits per heavy atom. The maximum absolute atomic E-state index is 13.0. The molecule has 0 saturated heterocycles.